The lowest BCUT2D eigenvalue weighted by molar-refractivity contribution is -0.132. The number of aromatic nitrogens is 3. The smallest absolute Gasteiger partial charge is 0.227 e. The van der Waals surface area contributed by atoms with Crippen molar-refractivity contribution >= 4 is 42.0 Å². The van der Waals surface area contributed by atoms with Crippen molar-refractivity contribution < 1.29 is 9.90 Å². The summed E-state index contributed by atoms with van der Waals surface area (Å²) in [4.78, 5) is 20.6. The number of carbonyl (C=O) groups excluding carboxylic acids is 1. The number of likely N-dealkylation sites (tertiary alicyclic amines) is 1. The molecule has 0 aliphatic carbocycles. The summed E-state index contributed by atoms with van der Waals surface area (Å²) >= 11 is 1.63. The molecular weight excluding hydrogens is 433 g/mol. The Kier molecular flexibility index (Phi) is 6.04. The average Bonchev–Trinajstić information content (AvgIpc) is 3.48. The molecule has 9 heteroatoms. The molecule has 1 saturated heterocycles. The maximum absolute atomic E-state index is 12.8. The largest absolute Gasteiger partial charge is 0.507 e. The molecular formula is C24H26BN5O2S. The first-order valence-electron chi connectivity index (χ1n) is 11.3. The Morgan fingerprint density at radius 1 is 1.27 bits per heavy atom. The maximum atomic E-state index is 12.8. The minimum atomic E-state index is 0.199. The van der Waals surface area contributed by atoms with E-state index in [-0.39, 0.29) is 11.7 Å². The zero-order valence-electron chi connectivity index (χ0n) is 18.6. The number of rotatable bonds is 6. The highest BCUT2D eigenvalue weighted by Crippen LogP contribution is 2.29. The number of fused-ring (bicyclic) bond motifs is 1. The fraction of sp³-hybridized carbons (Fsp3) is 0.292. The van der Waals surface area contributed by atoms with E-state index in [1.807, 2.05) is 48.5 Å². The molecule has 168 valence electrons. The molecule has 0 bridgehead atoms. The van der Waals surface area contributed by atoms with Gasteiger partial charge >= 0.3 is 0 Å². The molecule has 0 spiro atoms. The van der Waals surface area contributed by atoms with Gasteiger partial charge in [-0.05, 0) is 47.8 Å². The van der Waals surface area contributed by atoms with E-state index in [1.165, 1.54) is 0 Å². The Balaban J connectivity index is 1.33. The van der Waals surface area contributed by atoms with Crippen LogP contribution in [0.2, 0.25) is 0 Å². The monoisotopic (exact) mass is 459 g/mol. The van der Waals surface area contributed by atoms with E-state index < -0.39 is 0 Å². The van der Waals surface area contributed by atoms with Crippen LogP contribution < -0.4 is 10.8 Å². The molecule has 1 unspecified atom stereocenters. The van der Waals surface area contributed by atoms with Gasteiger partial charge in [0.1, 0.15) is 19.4 Å². The molecule has 4 heterocycles. The van der Waals surface area contributed by atoms with Crippen LogP contribution in [-0.4, -0.2) is 58.0 Å². The van der Waals surface area contributed by atoms with E-state index in [9.17, 15) is 9.90 Å². The van der Waals surface area contributed by atoms with Crippen LogP contribution in [0.15, 0.2) is 54.0 Å². The van der Waals surface area contributed by atoms with Crippen molar-refractivity contribution in [1.29, 1.82) is 0 Å². The summed E-state index contributed by atoms with van der Waals surface area (Å²) in [5.74, 6) is 1.59. The lowest BCUT2D eigenvalue weighted by Crippen LogP contribution is -2.42. The second-order valence-corrected chi connectivity index (χ2v) is 9.62. The number of anilines is 1. The zero-order valence-corrected chi connectivity index (χ0v) is 19.4. The van der Waals surface area contributed by atoms with Crippen LogP contribution in [0.1, 0.15) is 17.7 Å². The van der Waals surface area contributed by atoms with Gasteiger partial charge in [-0.1, -0.05) is 18.2 Å². The molecule has 3 aromatic heterocycles. The Hall–Kier alpha value is -3.33. The minimum absolute atomic E-state index is 0.199. The van der Waals surface area contributed by atoms with Gasteiger partial charge in [0.2, 0.25) is 5.91 Å². The number of carbonyl (C=O) groups is 1. The van der Waals surface area contributed by atoms with Crippen molar-refractivity contribution in [3.05, 3.63) is 58.9 Å². The molecule has 1 fully saturated rings. The number of amides is 1. The Morgan fingerprint density at radius 3 is 2.97 bits per heavy atom. The van der Waals surface area contributed by atoms with Gasteiger partial charge < -0.3 is 15.3 Å². The van der Waals surface area contributed by atoms with E-state index in [1.54, 1.807) is 34.2 Å². The molecule has 2 N–H and O–H groups in total. The zero-order chi connectivity index (χ0) is 22.8. The van der Waals surface area contributed by atoms with Gasteiger partial charge in [-0.3, -0.25) is 4.79 Å². The van der Waals surface area contributed by atoms with Crippen molar-refractivity contribution in [3.8, 4) is 17.0 Å². The van der Waals surface area contributed by atoms with Gasteiger partial charge in [0.25, 0.3) is 0 Å². The SMILES string of the molecule is Bc1cnn2c(NCC3CCCN(C(=O)Cc4cccs4)C3)cc(-c3ccccc3O)nc12. The third-order valence-corrected chi connectivity index (χ3v) is 7.05. The predicted molar refractivity (Wildman–Crippen MR) is 134 cm³/mol. The molecule has 1 atom stereocenters. The summed E-state index contributed by atoms with van der Waals surface area (Å²) in [5, 5.41) is 20.4. The standard InChI is InChI=1S/C24H26BN5O2S/c25-19-14-27-30-22(12-20(28-24(19)30)18-7-1-2-8-21(18)31)26-13-16-5-3-9-29(15-16)23(32)11-17-6-4-10-33-17/h1-2,4,6-8,10,12,14,16,26,31H,3,5,9,11,13,15,25H2. The van der Waals surface area contributed by atoms with Crippen LogP contribution in [0, 0.1) is 5.92 Å². The van der Waals surface area contributed by atoms with Gasteiger partial charge in [-0.15, -0.1) is 11.3 Å². The van der Waals surface area contributed by atoms with Crippen LogP contribution in [0.3, 0.4) is 0 Å². The molecule has 7 nitrogen and oxygen atoms in total. The summed E-state index contributed by atoms with van der Waals surface area (Å²) in [6.07, 6.45) is 4.37. The quantitative estimate of drug-likeness (QED) is 0.433. The van der Waals surface area contributed by atoms with Crippen molar-refractivity contribution in [2.24, 2.45) is 5.92 Å². The molecule has 5 rings (SSSR count). The van der Waals surface area contributed by atoms with Crippen LogP contribution in [0.5, 0.6) is 5.75 Å². The van der Waals surface area contributed by atoms with Crippen molar-refractivity contribution in [3.63, 3.8) is 0 Å². The Morgan fingerprint density at radius 2 is 2.15 bits per heavy atom. The molecule has 1 aromatic carbocycles. The number of hydrogen-bond donors (Lipinski definition) is 2. The Bertz CT molecular complexity index is 1270. The maximum Gasteiger partial charge on any atom is 0.227 e. The van der Waals surface area contributed by atoms with Crippen molar-refractivity contribution in [1.82, 2.24) is 19.5 Å². The van der Waals surface area contributed by atoms with Gasteiger partial charge in [0.05, 0.1) is 12.1 Å². The predicted octanol–water partition coefficient (Wildman–Crippen LogP) is 2.31. The van der Waals surface area contributed by atoms with Crippen LogP contribution in [0.25, 0.3) is 16.9 Å². The van der Waals surface area contributed by atoms with Crippen LogP contribution in [0.4, 0.5) is 5.82 Å². The lowest BCUT2D eigenvalue weighted by atomic mass is 9.97. The highest BCUT2D eigenvalue weighted by Gasteiger charge is 2.24. The molecule has 0 saturated carbocycles. The highest BCUT2D eigenvalue weighted by molar-refractivity contribution is 7.10. The minimum Gasteiger partial charge on any atom is -0.507 e. The van der Waals surface area contributed by atoms with Crippen LogP contribution in [-0.2, 0) is 11.2 Å². The first kappa shape index (κ1) is 21.5. The summed E-state index contributed by atoms with van der Waals surface area (Å²) < 4.78 is 1.81. The van der Waals surface area contributed by atoms with Gasteiger partial charge in [-0.25, -0.2) is 4.98 Å². The molecule has 4 aromatic rings. The fourth-order valence-corrected chi connectivity index (χ4v) is 5.10. The molecule has 0 radical (unpaired) electrons. The third-order valence-electron chi connectivity index (χ3n) is 6.18. The lowest BCUT2D eigenvalue weighted by Gasteiger charge is -2.33. The molecule has 33 heavy (non-hydrogen) atoms. The van der Waals surface area contributed by atoms with Crippen molar-refractivity contribution in [2.75, 3.05) is 25.0 Å². The number of nitrogens with one attached hydrogen (secondary N) is 1. The van der Waals surface area contributed by atoms with E-state index in [0.717, 1.165) is 54.3 Å². The number of para-hydroxylation sites is 1. The van der Waals surface area contributed by atoms with E-state index in [0.29, 0.717) is 23.6 Å². The van der Waals surface area contributed by atoms with E-state index >= 15 is 0 Å². The average molecular weight is 459 g/mol. The summed E-state index contributed by atoms with van der Waals surface area (Å²) in [6.45, 7) is 2.33. The topological polar surface area (TPSA) is 82.8 Å². The van der Waals surface area contributed by atoms with Crippen LogP contribution >= 0.6 is 11.3 Å². The number of aromatic hydroxyl groups is 1. The number of nitrogens with zero attached hydrogens (tertiary/aromatic N) is 4. The summed E-state index contributed by atoms with van der Waals surface area (Å²) in [7, 11) is 1.98. The third kappa shape index (κ3) is 4.59. The van der Waals surface area contributed by atoms with Gasteiger partial charge in [0, 0.05) is 42.3 Å². The normalized spacial score (nSPS) is 16.2. The second-order valence-electron chi connectivity index (χ2n) is 8.59. The van der Waals surface area contributed by atoms with E-state index in [2.05, 4.69) is 10.4 Å². The second kappa shape index (κ2) is 9.27. The summed E-state index contributed by atoms with van der Waals surface area (Å²) in [5.41, 5.74) is 3.11. The van der Waals surface area contributed by atoms with Crippen molar-refractivity contribution in [2.45, 2.75) is 19.3 Å². The number of thiophene rings is 1. The first-order chi connectivity index (χ1) is 16.1. The number of phenolic OH excluding ortho intramolecular Hbond substituents is 1. The molecule has 1 aliphatic heterocycles. The fourth-order valence-electron chi connectivity index (χ4n) is 4.41. The van der Waals surface area contributed by atoms with E-state index in [4.69, 9.17) is 4.98 Å². The summed E-state index contributed by atoms with van der Waals surface area (Å²) in [6, 6.07) is 13.2. The highest BCUT2D eigenvalue weighted by atomic mass is 32.1. The van der Waals surface area contributed by atoms with Gasteiger partial charge in [-0.2, -0.15) is 9.61 Å². The van der Waals surface area contributed by atoms with Gasteiger partial charge in [0.15, 0.2) is 5.65 Å². The number of hydrogen-bond acceptors (Lipinski definition) is 6. The number of benzene rings is 1. The Labute approximate surface area is 197 Å². The number of piperidine rings is 1. The molecule has 1 amide bonds. The number of phenols is 1. The molecule has 1 aliphatic rings. The first-order valence-corrected chi connectivity index (χ1v) is 12.1.